The van der Waals surface area contributed by atoms with Gasteiger partial charge in [-0.3, -0.25) is 0 Å². The van der Waals surface area contributed by atoms with Gasteiger partial charge in [-0.1, -0.05) is 6.07 Å². The summed E-state index contributed by atoms with van der Waals surface area (Å²) in [5.74, 6) is 0.251. The number of halogens is 1. The van der Waals surface area contributed by atoms with E-state index < -0.39 is 11.9 Å². The number of nitrogens with zero attached hydrogens (tertiary/aromatic N) is 1. The summed E-state index contributed by atoms with van der Waals surface area (Å²) < 4.78 is 18.9. The first-order valence-electron chi connectivity index (χ1n) is 6.61. The average Bonchev–Trinajstić information content (AvgIpc) is 2.46. The van der Waals surface area contributed by atoms with Gasteiger partial charge in [0.1, 0.15) is 18.2 Å². The molecule has 1 unspecified atom stereocenters. The Kier molecular flexibility index (Phi) is 4.56. The Morgan fingerprint density at radius 1 is 1.29 bits per heavy atom. The molecule has 2 aromatic carbocycles. The number of benzene rings is 2. The molecule has 4 heteroatoms. The van der Waals surface area contributed by atoms with Crippen molar-refractivity contribution in [1.29, 1.82) is 5.26 Å². The molecule has 0 aliphatic heterocycles. The molecular weight excluding hydrogens is 269 g/mol. The van der Waals surface area contributed by atoms with Crippen LogP contribution in [-0.2, 0) is 6.61 Å². The number of hydrogen-bond acceptors (Lipinski definition) is 3. The summed E-state index contributed by atoms with van der Waals surface area (Å²) in [7, 11) is 0. The van der Waals surface area contributed by atoms with Crippen LogP contribution in [0.1, 0.15) is 35.3 Å². The molecule has 108 valence electrons. The van der Waals surface area contributed by atoms with Crippen LogP contribution in [0.4, 0.5) is 4.39 Å². The third kappa shape index (κ3) is 3.59. The lowest BCUT2D eigenvalue weighted by Crippen LogP contribution is -2.01. The van der Waals surface area contributed by atoms with Crippen molar-refractivity contribution in [2.75, 3.05) is 0 Å². The molecule has 2 rings (SSSR count). The monoisotopic (exact) mass is 285 g/mol. The van der Waals surface area contributed by atoms with Gasteiger partial charge < -0.3 is 9.84 Å². The molecule has 0 radical (unpaired) electrons. The zero-order valence-electron chi connectivity index (χ0n) is 11.9. The van der Waals surface area contributed by atoms with Gasteiger partial charge in [0, 0.05) is 5.56 Å². The number of hydrogen-bond donors (Lipinski definition) is 1. The largest absolute Gasteiger partial charge is 0.489 e. The molecule has 0 spiro atoms. The van der Waals surface area contributed by atoms with Gasteiger partial charge in [-0.15, -0.1) is 0 Å². The van der Waals surface area contributed by atoms with Crippen molar-refractivity contribution in [3.63, 3.8) is 0 Å². The van der Waals surface area contributed by atoms with E-state index in [1.807, 2.05) is 19.1 Å². The topological polar surface area (TPSA) is 53.2 Å². The van der Waals surface area contributed by atoms with Crippen LogP contribution in [0.15, 0.2) is 36.4 Å². The Labute approximate surface area is 123 Å². The van der Waals surface area contributed by atoms with Gasteiger partial charge in [0.25, 0.3) is 0 Å². The van der Waals surface area contributed by atoms with E-state index in [1.165, 1.54) is 18.2 Å². The fraction of sp³-hybridized carbons (Fsp3) is 0.235. The summed E-state index contributed by atoms with van der Waals surface area (Å²) in [4.78, 5) is 0. The molecule has 0 heterocycles. The summed E-state index contributed by atoms with van der Waals surface area (Å²) in [6.45, 7) is 3.69. The fourth-order valence-electron chi connectivity index (χ4n) is 2.04. The summed E-state index contributed by atoms with van der Waals surface area (Å²) in [6, 6.07) is 11.4. The third-order valence-corrected chi connectivity index (χ3v) is 3.25. The van der Waals surface area contributed by atoms with Gasteiger partial charge in [0.15, 0.2) is 0 Å². The molecule has 0 fully saturated rings. The minimum absolute atomic E-state index is 0.121. The van der Waals surface area contributed by atoms with Gasteiger partial charge in [-0.2, -0.15) is 5.26 Å². The van der Waals surface area contributed by atoms with Crippen molar-refractivity contribution in [1.82, 2.24) is 0 Å². The van der Waals surface area contributed by atoms with E-state index in [-0.39, 0.29) is 6.61 Å². The standard InChI is InChI=1S/C17H16FNO2/c1-11-7-13(12(2)20)4-6-17(11)21-10-15-8-16(18)5-3-14(15)9-19/h3-8,12,20H,10H2,1-2H3. The highest BCUT2D eigenvalue weighted by Crippen LogP contribution is 2.24. The Hall–Kier alpha value is -2.38. The van der Waals surface area contributed by atoms with Crippen molar-refractivity contribution in [3.05, 3.63) is 64.5 Å². The molecule has 21 heavy (non-hydrogen) atoms. The molecule has 1 atom stereocenters. The molecule has 0 aromatic heterocycles. The van der Waals surface area contributed by atoms with Crippen LogP contribution in [0.25, 0.3) is 0 Å². The number of ether oxygens (including phenoxy) is 1. The van der Waals surface area contributed by atoms with Crippen molar-refractivity contribution in [2.45, 2.75) is 26.6 Å². The van der Waals surface area contributed by atoms with E-state index in [9.17, 15) is 9.50 Å². The van der Waals surface area contributed by atoms with Gasteiger partial charge in [-0.25, -0.2) is 4.39 Å². The summed E-state index contributed by atoms with van der Waals surface area (Å²) in [5.41, 5.74) is 2.60. The SMILES string of the molecule is Cc1cc(C(C)O)ccc1OCc1cc(F)ccc1C#N. The molecule has 0 saturated heterocycles. The van der Waals surface area contributed by atoms with Crippen molar-refractivity contribution < 1.29 is 14.2 Å². The van der Waals surface area contributed by atoms with Gasteiger partial charge >= 0.3 is 0 Å². The van der Waals surface area contributed by atoms with E-state index in [2.05, 4.69) is 0 Å². The number of aliphatic hydroxyl groups excluding tert-OH is 1. The molecule has 0 saturated carbocycles. The van der Waals surface area contributed by atoms with Crippen molar-refractivity contribution in [3.8, 4) is 11.8 Å². The minimum Gasteiger partial charge on any atom is -0.489 e. The van der Waals surface area contributed by atoms with Crippen LogP contribution >= 0.6 is 0 Å². The van der Waals surface area contributed by atoms with E-state index in [0.717, 1.165) is 11.1 Å². The number of nitriles is 1. The summed E-state index contributed by atoms with van der Waals surface area (Å²) >= 11 is 0. The zero-order valence-corrected chi connectivity index (χ0v) is 11.9. The maximum absolute atomic E-state index is 13.2. The molecule has 0 amide bonds. The van der Waals surface area contributed by atoms with Crippen LogP contribution in [0.2, 0.25) is 0 Å². The molecule has 0 bridgehead atoms. The highest BCUT2D eigenvalue weighted by Gasteiger charge is 2.08. The summed E-state index contributed by atoms with van der Waals surface area (Å²) in [6.07, 6.45) is -0.536. The first-order chi connectivity index (χ1) is 10.0. The molecule has 3 nitrogen and oxygen atoms in total. The Morgan fingerprint density at radius 2 is 2.05 bits per heavy atom. The molecule has 0 aliphatic carbocycles. The molecule has 2 aromatic rings. The van der Waals surface area contributed by atoms with E-state index in [4.69, 9.17) is 10.00 Å². The number of aliphatic hydroxyl groups is 1. The van der Waals surface area contributed by atoms with E-state index >= 15 is 0 Å². The predicted molar refractivity (Wildman–Crippen MR) is 77.3 cm³/mol. The van der Waals surface area contributed by atoms with Crippen LogP contribution < -0.4 is 4.74 Å². The zero-order chi connectivity index (χ0) is 15.4. The Morgan fingerprint density at radius 3 is 2.67 bits per heavy atom. The Balaban J connectivity index is 2.17. The quantitative estimate of drug-likeness (QED) is 0.933. The molecule has 0 aliphatic rings. The maximum atomic E-state index is 13.2. The lowest BCUT2D eigenvalue weighted by atomic mass is 10.1. The number of rotatable bonds is 4. The predicted octanol–water partition coefficient (Wildman–Crippen LogP) is 3.64. The molecule has 1 N–H and O–H groups in total. The normalized spacial score (nSPS) is 11.8. The van der Waals surface area contributed by atoms with Crippen LogP contribution in [0.5, 0.6) is 5.75 Å². The van der Waals surface area contributed by atoms with Gasteiger partial charge in [0.05, 0.1) is 17.7 Å². The first-order valence-corrected chi connectivity index (χ1v) is 6.61. The van der Waals surface area contributed by atoms with Crippen LogP contribution in [-0.4, -0.2) is 5.11 Å². The molecular formula is C17H16FNO2. The van der Waals surface area contributed by atoms with Crippen molar-refractivity contribution >= 4 is 0 Å². The first kappa shape index (κ1) is 15.0. The maximum Gasteiger partial charge on any atom is 0.123 e. The Bertz CT molecular complexity index is 690. The van der Waals surface area contributed by atoms with Gasteiger partial charge in [0.2, 0.25) is 0 Å². The van der Waals surface area contributed by atoms with E-state index in [1.54, 1.807) is 19.1 Å². The third-order valence-electron chi connectivity index (χ3n) is 3.25. The van der Waals surface area contributed by atoms with Crippen LogP contribution in [0, 0.1) is 24.1 Å². The average molecular weight is 285 g/mol. The van der Waals surface area contributed by atoms with Gasteiger partial charge in [-0.05, 0) is 55.3 Å². The van der Waals surface area contributed by atoms with E-state index in [0.29, 0.717) is 16.9 Å². The number of aryl methyl sites for hydroxylation is 1. The smallest absolute Gasteiger partial charge is 0.123 e. The summed E-state index contributed by atoms with van der Waals surface area (Å²) in [5, 5.41) is 18.5. The minimum atomic E-state index is -0.536. The highest BCUT2D eigenvalue weighted by atomic mass is 19.1. The fourth-order valence-corrected chi connectivity index (χ4v) is 2.04. The lowest BCUT2D eigenvalue weighted by Gasteiger charge is -2.12. The second kappa shape index (κ2) is 6.38. The lowest BCUT2D eigenvalue weighted by molar-refractivity contribution is 0.199. The second-order valence-electron chi connectivity index (χ2n) is 4.90. The second-order valence-corrected chi connectivity index (χ2v) is 4.90. The highest BCUT2D eigenvalue weighted by molar-refractivity contribution is 5.39. The van der Waals surface area contributed by atoms with Crippen LogP contribution in [0.3, 0.4) is 0 Å². The van der Waals surface area contributed by atoms with Crippen molar-refractivity contribution in [2.24, 2.45) is 0 Å².